The lowest BCUT2D eigenvalue weighted by Gasteiger charge is -2.27. The number of amides is 3. The molecule has 0 aliphatic rings. The van der Waals surface area contributed by atoms with Crippen LogP contribution in [0.1, 0.15) is 33.4 Å². The number of nitrogens with two attached hydrogens (primary N) is 1. The van der Waals surface area contributed by atoms with Gasteiger partial charge in [0.15, 0.2) is 0 Å². The number of aliphatic carboxylic acids is 1. The number of hydrogen-bond donors (Lipinski definition) is 7. The van der Waals surface area contributed by atoms with Gasteiger partial charge in [-0.1, -0.05) is 27.7 Å². The van der Waals surface area contributed by atoms with Crippen LogP contribution in [0.15, 0.2) is 12.5 Å². The molecule has 12 heteroatoms. The topological polar surface area (TPSA) is 179 Å². The molecule has 0 aromatic carbocycles. The zero-order valence-electron chi connectivity index (χ0n) is 18.1. The van der Waals surface area contributed by atoms with E-state index in [1.165, 1.54) is 12.5 Å². The second-order valence-corrected chi connectivity index (χ2v) is 8.29. The molecule has 0 saturated heterocycles. The monoisotopic (exact) mass is 456 g/mol. The molecule has 1 rings (SSSR count). The third kappa shape index (κ3) is 8.21. The Labute approximate surface area is 186 Å². The summed E-state index contributed by atoms with van der Waals surface area (Å²) < 4.78 is 0. The number of aromatic amines is 1. The number of carboxylic acids is 1. The molecule has 7 N–H and O–H groups in total. The van der Waals surface area contributed by atoms with Crippen molar-refractivity contribution >= 4 is 36.3 Å². The standard InChI is InChI=1S/C19H32N6O5S/c1-9(2)14(20)17(27)23-12(5-11-6-21-8-22-11)16(26)25-15(10(3)4)18(28)24-13(7-31)19(29)30/h6,8-10,12-15,31H,5,7,20H2,1-4H3,(H,21,22)(H,23,27)(H,24,28)(H,25,26)(H,29,30). The second kappa shape index (κ2) is 12.3. The van der Waals surface area contributed by atoms with Crippen molar-refractivity contribution in [2.45, 2.75) is 58.3 Å². The number of nitrogens with zero attached hydrogens (tertiary/aromatic N) is 1. The Kier molecular flexibility index (Phi) is 10.5. The first-order valence-corrected chi connectivity index (χ1v) is 10.6. The fourth-order valence-electron chi connectivity index (χ4n) is 2.63. The Morgan fingerprint density at radius 3 is 2.10 bits per heavy atom. The molecular weight excluding hydrogens is 424 g/mol. The van der Waals surface area contributed by atoms with Crippen molar-refractivity contribution in [3.63, 3.8) is 0 Å². The molecule has 0 aliphatic carbocycles. The van der Waals surface area contributed by atoms with Crippen LogP contribution in [0.2, 0.25) is 0 Å². The van der Waals surface area contributed by atoms with Gasteiger partial charge in [-0.3, -0.25) is 14.4 Å². The highest BCUT2D eigenvalue weighted by atomic mass is 32.1. The summed E-state index contributed by atoms with van der Waals surface area (Å²) in [7, 11) is 0. The van der Waals surface area contributed by atoms with Gasteiger partial charge in [-0.05, 0) is 11.8 Å². The molecule has 0 bridgehead atoms. The number of aromatic nitrogens is 2. The molecule has 174 valence electrons. The van der Waals surface area contributed by atoms with Crippen molar-refractivity contribution in [1.29, 1.82) is 0 Å². The second-order valence-electron chi connectivity index (χ2n) is 7.92. The first kappa shape index (κ1) is 26.4. The summed E-state index contributed by atoms with van der Waals surface area (Å²) in [5.41, 5.74) is 6.49. The third-order valence-corrected chi connectivity index (χ3v) is 5.04. The highest BCUT2D eigenvalue weighted by Gasteiger charge is 2.32. The number of H-pyrrole nitrogens is 1. The molecule has 0 saturated carbocycles. The molecule has 4 unspecified atom stereocenters. The average Bonchev–Trinajstić information content (AvgIpc) is 3.20. The Balaban J connectivity index is 3.00. The summed E-state index contributed by atoms with van der Waals surface area (Å²) in [6, 6.07) is -4.05. The van der Waals surface area contributed by atoms with Gasteiger partial charge in [-0.2, -0.15) is 12.6 Å². The van der Waals surface area contributed by atoms with Crippen molar-refractivity contribution in [1.82, 2.24) is 25.9 Å². The van der Waals surface area contributed by atoms with Crippen molar-refractivity contribution in [2.75, 3.05) is 5.75 Å². The van der Waals surface area contributed by atoms with Crippen LogP contribution in [0, 0.1) is 11.8 Å². The van der Waals surface area contributed by atoms with Crippen LogP contribution in [0.25, 0.3) is 0 Å². The molecule has 0 spiro atoms. The molecule has 1 heterocycles. The number of thiol groups is 1. The Bertz CT molecular complexity index is 755. The van der Waals surface area contributed by atoms with Gasteiger partial charge in [0.2, 0.25) is 17.7 Å². The maximum absolute atomic E-state index is 13.0. The molecule has 4 atom stereocenters. The van der Waals surface area contributed by atoms with Crippen LogP contribution in [0.4, 0.5) is 0 Å². The highest BCUT2D eigenvalue weighted by molar-refractivity contribution is 7.80. The maximum Gasteiger partial charge on any atom is 0.327 e. The zero-order valence-corrected chi connectivity index (χ0v) is 19.0. The van der Waals surface area contributed by atoms with E-state index in [2.05, 4.69) is 38.5 Å². The minimum Gasteiger partial charge on any atom is -0.480 e. The molecular formula is C19H32N6O5S. The summed E-state index contributed by atoms with van der Waals surface area (Å²) in [4.78, 5) is 56.0. The van der Waals surface area contributed by atoms with E-state index >= 15 is 0 Å². The van der Waals surface area contributed by atoms with Gasteiger partial charge < -0.3 is 31.8 Å². The quantitative estimate of drug-likeness (QED) is 0.198. The van der Waals surface area contributed by atoms with E-state index in [1.807, 2.05) is 0 Å². The van der Waals surface area contributed by atoms with Gasteiger partial charge in [-0.25, -0.2) is 9.78 Å². The third-order valence-electron chi connectivity index (χ3n) is 4.68. The van der Waals surface area contributed by atoms with Gasteiger partial charge in [-0.15, -0.1) is 0 Å². The van der Waals surface area contributed by atoms with Crippen LogP contribution in [0.3, 0.4) is 0 Å². The highest BCUT2D eigenvalue weighted by Crippen LogP contribution is 2.07. The number of hydrogen-bond acceptors (Lipinski definition) is 7. The Morgan fingerprint density at radius 2 is 1.65 bits per heavy atom. The molecule has 31 heavy (non-hydrogen) atoms. The van der Waals surface area contributed by atoms with E-state index in [1.54, 1.807) is 27.7 Å². The fraction of sp³-hybridized carbons (Fsp3) is 0.632. The van der Waals surface area contributed by atoms with Crippen molar-refractivity contribution in [2.24, 2.45) is 17.6 Å². The van der Waals surface area contributed by atoms with E-state index in [0.717, 1.165) is 0 Å². The number of nitrogens with one attached hydrogen (secondary N) is 4. The van der Waals surface area contributed by atoms with E-state index < -0.39 is 47.9 Å². The smallest absolute Gasteiger partial charge is 0.327 e. The summed E-state index contributed by atoms with van der Waals surface area (Å²) in [6.45, 7) is 6.98. The number of rotatable bonds is 12. The average molecular weight is 457 g/mol. The predicted molar refractivity (Wildman–Crippen MR) is 117 cm³/mol. The summed E-state index contributed by atoms with van der Waals surface area (Å²) in [6.07, 6.45) is 3.06. The SMILES string of the molecule is CC(C)C(N)C(=O)NC(Cc1cnc[nH]1)C(=O)NC(C(=O)NC(CS)C(=O)O)C(C)C. The van der Waals surface area contributed by atoms with Crippen molar-refractivity contribution in [3.8, 4) is 0 Å². The minimum absolute atomic E-state index is 0.100. The van der Waals surface area contributed by atoms with Crippen molar-refractivity contribution in [3.05, 3.63) is 18.2 Å². The van der Waals surface area contributed by atoms with Crippen LogP contribution in [-0.4, -0.2) is 68.7 Å². The summed E-state index contributed by atoms with van der Waals surface area (Å²) in [5.74, 6) is -3.59. The van der Waals surface area contributed by atoms with Gasteiger partial charge >= 0.3 is 5.97 Å². The molecule has 0 radical (unpaired) electrons. The van der Waals surface area contributed by atoms with E-state index in [9.17, 15) is 19.2 Å². The number of imidazole rings is 1. The normalized spacial score (nSPS) is 15.1. The molecule has 1 aromatic heterocycles. The van der Waals surface area contributed by atoms with E-state index in [4.69, 9.17) is 10.8 Å². The lowest BCUT2D eigenvalue weighted by molar-refractivity contribution is -0.142. The summed E-state index contributed by atoms with van der Waals surface area (Å²) >= 11 is 3.92. The molecule has 0 fully saturated rings. The molecule has 3 amide bonds. The lowest BCUT2D eigenvalue weighted by Crippen LogP contribution is -2.59. The predicted octanol–water partition coefficient (Wildman–Crippen LogP) is -0.940. The largest absolute Gasteiger partial charge is 0.480 e. The van der Waals surface area contributed by atoms with Crippen LogP contribution < -0.4 is 21.7 Å². The lowest BCUT2D eigenvalue weighted by atomic mass is 10.0. The summed E-state index contributed by atoms with van der Waals surface area (Å²) in [5, 5.41) is 16.7. The van der Waals surface area contributed by atoms with Gasteiger partial charge in [0.05, 0.1) is 12.4 Å². The number of carbonyl (C=O) groups excluding carboxylic acids is 3. The van der Waals surface area contributed by atoms with Crippen LogP contribution >= 0.6 is 12.6 Å². The Morgan fingerprint density at radius 1 is 1.03 bits per heavy atom. The van der Waals surface area contributed by atoms with Crippen LogP contribution in [0.5, 0.6) is 0 Å². The van der Waals surface area contributed by atoms with Gasteiger partial charge in [0.1, 0.15) is 18.1 Å². The number of carbonyl (C=O) groups is 4. The molecule has 1 aromatic rings. The maximum atomic E-state index is 13.0. The first-order chi connectivity index (χ1) is 14.5. The first-order valence-electron chi connectivity index (χ1n) is 9.95. The van der Waals surface area contributed by atoms with Crippen LogP contribution in [-0.2, 0) is 25.6 Å². The molecule has 0 aliphatic heterocycles. The Hall–Kier alpha value is -2.60. The van der Waals surface area contributed by atoms with Crippen molar-refractivity contribution < 1.29 is 24.3 Å². The number of carboxylic acid groups (broad SMARTS) is 1. The fourth-order valence-corrected chi connectivity index (χ4v) is 2.88. The molecule has 11 nitrogen and oxygen atoms in total. The van der Waals surface area contributed by atoms with E-state index in [-0.39, 0.29) is 24.0 Å². The van der Waals surface area contributed by atoms with Gasteiger partial charge in [0, 0.05) is 24.1 Å². The van der Waals surface area contributed by atoms with Gasteiger partial charge in [0.25, 0.3) is 0 Å². The minimum atomic E-state index is -1.23. The van der Waals surface area contributed by atoms with E-state index in [0.29, 0.717) is 5.69 Å². The zero-order chi connectivity index (χ0) is 23.7.